The van der Waals surface area contributed by atoms with Crippen LogP contribution < -0.4 is 14.8 Å². The van der Waals surface area contributed by atoms with Crippen LogP contribution in [-0.4, -0.2) is 24.1 Å². The van der Waals surface area contributed by atoms with E-state index in [0.29, 0.717) is 23.2 Å². The molecule has 0 aliphatic rings. The Morgan fingerprint density at radius 2 is 2.06 bits per heavy atom. The first kappa shape index (κ1) is 12.2. The van der Waals surface area contributed by atoms with Crippen LogP contribution in [-0.2, 0) is 0 Å². The Bertz CT molecular complexity index is 544. The predicted molar refractivity (Wildman–Crippen MR) is 69.4 cm³/mol. The van der Waals surface area contributed by atoms with Crippen molar-refractivity contribution in [1.29, 1.82) is 0 Å². The number of aromatic nitrogens is 2. The van der Waals surface area contributed by atoms with Crippen molar-refractivity contribution in [1.82, 2.24) is 9.97 Å². The number of benzene rings is 1. The van der Waals surface area contributed by atoms with Crippen molar-refractivity contribution in [2.75, 3.05) is 19.5 Å². The molecule has 2 aromatic rings. The van der Waals surface area contributed by atoms with Gasteiger partial charge in [0.25, 0.3) is 5.88 Å². The first-order chi connectivity index (χ1) is 8.74. The maximum absolute atomic E-state index is 5.71. The number of anilines is 1. The fourth-order valence-corrected chi connectivity index (χ4v) is 1.58. The normalized spacial score (nSPS) is 9.94. The zero-order chi connectivity index (χ0) is 13.0. The number of rotatable bonds is 4. The van der Waals surface area contributed by atoms with Crippen LogP contribution in [0.1, 0.15) is 5.56 Å². The third-order valence-electron chi connectivity index (χ3n) is 2.42. The highest BCUT2D eigenvalue weighted by Crippen LogP contribution is 2.33. The molecule has 1 heterocycles. The first-order valence-corrected chi connectivity index (χ1v) is 5.56. The summed E-state index contributed by atoms with van der Waals surface area (Å²) < 4.78 is 11.0. The van der Waals surface area contributed by atoms with Gasteiger partial charge in [0.05, 0.1) is 7.11 Å². The molecule has 94 valence electrons. The van der Waals surface area contributed by atoms with Crippen LogP contribution in [0.25, 0.3) is 0 Å². The number of hydrogen-bond donors (Lipinski definition) is 1. The van der Waals surface area contributed by atoms with E-state index in [1.807, 2.05) is 31.2 Å². The number of ether oxygens (including phenoxy) is 2. The topological polar surface area (TPSA) is 56.3 Å². The Balaban J connectivity index is 2.34. The summed E-state index contributed by atoms with van der Waals surface area (Å²) in [6, 6.07) is 7.73. The van der Waals surface area contributed by atoms with Crippen LogP contribution in [0.5, 0.6) is 17.4 Å². The quantitative estimate of drug-likeness (QED) is 0.897. The molecule has 0 radical (unpaired) electrons. The summed E-state index contributed by atoms with van der Waals surface area (Å²) in [5, 5.41) is 2.93. The molecule has 5 heteroatoms. The molecule has 0 amide bonds. The number of nitrogens with zero attached hydrogens (tertiary/aromatic N) is 2. The molecule has 5 nitrogen and oxygen atoms in total. The lowest BCUT2D eigenvalue weighted by Gasteiger charge is -2.11. The minimum Gasteiger partial charge on any atom is -0.489 e. The number of methoxy groups -OCH3 is 1. The van der Waals surface area contributed by atoms with Crippen LogP contribution in [0.15, 0.2) is 30.6 Å². The second-order valence-electron chi connectivity index (χ2n) is 3.73. The summed E-state index contributed by atoms with van der Waals surface area (Å²) in [6.07, 6.45) is 1.43. The standard InChI is InChI=1S/C13H15N3O2/c1-9-5-4-6-10(7-9)18-13-11(17-3)12(14-2)15-8-16-13/h4-8H,1-3H3,(H,14,15,16). The van der Waals surface area contributed by atoms with Crippen LogP contribution in [0.3, 0.4) is 0 Å². The number of nitrogens with one attached hydrogen (secondary N) is 1. The summed E-state index contributed by atoms with van der Waals surface area (Å²) in [5.74, 6) is 2.19. The van der Waals surface area contributed by atoms with Gasteiger partial charge in [0.15, 0.2) is 5.82 Å². The Hall–Kier alpha value is -2.30. The fourth-order valence-electron chi connectivity index (χ4n) is 1.58. The van der Waals surface area contributed by atoms with Crippen molar-refractivity contribution in [3.63, 3.8) is 0 Å². The van der Waals surface area contributed by atoms with E-state index in [0.717, 1.165) is 5.56 Å². The SMILES string of the molecule is CNc1ncnc(Oc2cccc(C)c2)c1OC. The molecule has 1 aromatic heterocycles. The summed E-state index contributed by atoms with van der Waals surface area (Å²) in [7, 11) is 3.32. The van der Waals surface area contributed by atoms with Crippen LogP contribution in [0.4, 0.5) is 5.82 Å². The lowest BCUT2D eigenvalue weighted by molar-refractivity contribution is 0.369. The monoisotopic (exact) mass is 245 g/mol. The van der Waals surface area contributed by atoms with E-state index in [1.165, 1.54) is 6.33 Å². The highest BCUT2D eigenvalue weighted by molar-refractivity contribution is 5.55. The van der Waals surface area contributed by atoms with Crippen LogP contribution >= 0.6 is 0 Å². The lowest BCUT2D eigenvalue weighted by Crippen LogP contribution is -2.00. The molecule has 0 spiro atoms. The van der Waals surface area contributed by atoms with E-state index in [-0.39, 0.29) is 0 Å². The largest absolute Gasteiger partial charge is 0.489 e. The minimum absolute atomic E-state index is 0.391. The molecule has 1 aromatic carbocycles. The maximum Gasteiger partial charge on any atom is 0.268 e. The van der Waals surface area contributed by atoms with Crippen molar-refractivity contribution < 1.29 is 9.47 Å². The van der Waals surface area contributed by atoms with E-state index < -0.39 is 0 Å². The Kier molecular flexibility index (Phi) is 3.62. The van der Waals surface area contributed by atoms with Gasteiger partial charge in [-0.2, -0.15) is 4.98 Å². The summed E-state index contributed by atoms with van der Waals surface area (Å²) in [6.45, 7) is 2.00. The van der Waals surface area contributed by atoms with Gasteiger partial charge in [0.2, 0.25) is 5.75 Å². The van der Waals surface area contributed by atoms with E-state index in [1.54, 1.807) is 14.2 Å². The predicted octanol–water partition coefficient (Wildman–Crippen LogP) is 2.63. The number of aryl methyl sites for hydroxylation is 1. The van der Waals surface area contributed by atoms with Gasteiger partial charge in [0.1, 0.15) is 12.1 Å². The van der Waals surface area contributed by atoms with Gasteiger partial charge in [0, 0.05) is 7.05 Å². The highest BCUT2D eigenvalue weighted by atomic mass is 16.5. The summed E-state index contributed by atoms with van der Waals surface area (Å²) in [5.41, 5.74) is 1.12. The van der Waals surface area contributed by atoms with Crippen molar-refractivity contribution in [2.24, 2.45) is 0 Å². The van der Waals surface area contributed by atoms with Gasteiger partial charge in [-0.15, -0.1) is 0 Å². The molecule has 0 saturated heterocycles. The third kappa shape index (κ3) is 2.51. The Morgan fingerprint density at radius 3 is 2.72 bits per heavy atom. The second-order valence-corrected chi connectivity index (χ2v) is 3.73. The van der Waals surface area contributed by atoms with Crippen molar-refractivity contribution in [3.05, 3.63) is 36.2 Å². The van der Waals surface area contributed by atoms with Gasteiger partial charge in [-0.3, -0.25) is 0 Å². The lowest BCUT2D eigenvalue weighted by atomic mass is 10.2. The average Bonchev–Trinajstić information content (AvgIpc) is 2.38. The minimum atomic E-state index is 0.391. The molecule has 0 aliphatic heterocycles. The zero-order valence-electron chi connectivity index (χ0n) is 10.6. The second kappa shape index (κ2) is 5.35. The maximum atomic E-state index is 5.71. The van der Waals surface area contributed by atoms with Crippen LogP contribution in [0.2, 0.25) is 0 Å². The molecular formula is C13H15N3O2. The molecule has 0 saturated carbocycles. The van der Waals surface area contributed by atoms with E-state index in [2.05, 4.69) is 15.3 Å². The summed E-state index contributed by atoms with van der Waals surface area (Å²) in [4.78, 5) is 8.15. The van der Waals surface area contributed by atoms with Gasteiger partial charge in [-0.1, -0.05) is 12.1 Å². The molecule has 1 N–H and O–H groups in total. The molecule has 0 atom stereocenters. The Morgan fingerprint density at radius 1 is 1.22 bits per heavy atom. The third-order valence-corrected chi connectivity index (χ3v) is 2.42. The molecule has 0 bridgehead atoms. The smallest absolute Gasteiger partial charge is 0.268 e. The van der Waals surface area contributed by atoms with Gasteiger partial charge in [-0.05, 0) is 24.6 Å². The van der Waals surface area contributed by atoms with E-state index >= 15 is 0 Å². The fraction of sp³-hybridized carbons (Fsp3) is 0.231. The van der Waals surface area contributed by atoms with E-state index in [9.17, 15) is 0 Å². The van der Waals surface area contributed by atoms with Crippen molar-refractivity contribution in [2.45, 2.75) is 6.92 Å². The van der Waals surface area contributed by atoms with Crippen LogP contribution in [0, 0.1) is 6.92 Å². The van der Waals surface area contributed by atoms with Gasteiger partial charge < -0.3 is 14.8 Å². The van der Waals surface area contributed by atoms with Gasteiger partial charge in [-0.25, -0.2) is 4.98 Å². The average molecular weight is 245 g/mol. The number of hydrogen-bond acceptors (Lipinski definition) is 5. The van der Waals surface area contributed by atoms with Gasteiger partial charge >= 0.3 is 0 Å². The first-order valence-electron chi connectivity index (χ1n) is 5.56. The Labute approximate surface area is 106 Å². The molecule has 0 aliphatic carbocycles. The van der Waals surface area contributed by atoms with E-state index in [4.69, 9.17) is 9.47 Å². The summed E-state index contributed by atoms with van der Waals surface area (Å²) >= 11 is 0. The molecule has 2 rings (SSSR count). The molecule has 18 heavy (non-hydrogen) atoms. The zero-order valence-corrected chi connectivity index (χ0v) is 10.6. The highest BCUT2D eigenvalue weighted by Gasteiger charge is 2.13. The molecule has 0 unspecified atom stereocenters. The molecular weight excluding hydrogens is 230 g/mol. The van der Waals surface area contributed by atoms with Crippen molar-refractivity contribution in [3.8, 4) is 17.4 Å². The molecule has 0 fully saturated rings. The van der Waals surface area contributed by atoms with Crippen molar-refractivity contribution >= 4 is 5.82 Å².